The first-order chi connectivity index (χ1) is 19.5. The van der Waals surface area contributed by atoms with Crippen molar-refractivity contribution in [2.75, 3.05) is 20.8 Å². The molecule has 0 N–H and O–H groups in total. The fraction of sp³-hybridized carbons (Fsp3) is 0.353. The van der Waals surface area contributed by atoms with E-state index in [1.54, 1.807) is 81.0 Å². The Morgan fingerprint density at radius 2 is 1.27 bits per heavy atom. The number of carbonyl (C=O) groups excluding carboxylic acids is 2. The monoisotopic (exact) mass is 544 g/mol. The van der Waals surface area contributed by atoms with Crippen molar-refractivity contribution in [3.8, 4) is 23.0 Å². The molecule has 0 fully saturated rings. The largest absolute Gasteiger partial charge is 0.494 e. The minimum Gasteiger partial charge on any atom is -0.494 e. The summed E-state index contributed by atoms with van der Waals surface area (Å²) in [5.41, 5.74) is 1.72. The number of hydrogen-bond acceptors (Lipinski definition) is 6. The SMILES string of the molecule is CCCCCCCCCCOc1ccc(C(=O)Oc2ccc(C(=O)/C=C/c3ccc(OC)c(OC)c3)cc2)cc1. The van der Waals surface area contributed by atoms with Gasteiger partial charge in [-0.15, -0.1) is 0 Å². The van der Waals surface area contributed by atoms with Crippen LogP contribution in [0.5, 0.6) is 23.0 Å². The van der Waals surface area contributed by atoms with E-state index in [2.05, 4.69) is 6.92 Å². The third-order valence-electron chi connectivity index (χ3n) is 6.54. The molecule has 0 aliphatic carbocycles. The Hall–Kier alpha value is -4.06. The van der Waals surface area contributed by atoms with Gasteiger partial charge in [-0.2, -0.15) is 0 Å². The van der Waals surface area contributed by atoms with Crippen molar-refractivity contribution in [1.29, 1.82) is 0 Å². The molecule has 0 aliphatic rings. The van der Waals surface area contributed by atoms with Gasteiger partial charge >= 0.3 is 5.97 Å². The average Bonchev–Trinajstić information content (AvgIpc) is 2.99. The predicted octanol–water partition coefficient (Wildman–Crippen LogP) is 8.34. The molecule has 0 atom stereocenters. The van der Waals surface area contributed by atoms with Gasteiger partial charge in [0.25, 0.3) is 0 Å². The van der Waals surface area contributed by atoms with Gasteiger partial charge in [0.05, 0.1) is 26.4 Å². The minimum atomic E-state index is -0.470. The smallest absolute Gasteiger partial charge is 0.343 e. The lowest BCUT2D eigenvalue weighted by molar-refractivity contribution is 0.0734. The molecule has 0 bridgehead atoms. The number of allylic oxidation sites excluding steroid dienone is 1. The first-order valence-corrected chi connectivity index (χ1v) is 14.0. The lowest BCUT2D eigenvalue weighted by Gasteiger charge is -2.08. The number of unbranched alkanes of at least 4 members (excludes halogenated alkanes) is 7. The Morgan fingerprint density at radius 1 is 0.675 bits per heavy atom. The van der Waals surface area contributed by atoms with E-state index in [-0.39, 0.29) is 5.78 Å². The Labute approximate surface area is 237 Å². The Bertz CT molecular complexity index is 1230. The maximum Gasteiger partial charge on any atom is 0.343 e. The number of carbonyl (C=O) groups is 2. The molecule has 212 valence electrons. The second-order valence-electron chi connectivity index (χ2n) is 9.57. The van der Waals surface area contributed by atoms with Crippen LogP contribution in [0.25, 0.3) is 6.08 Å². The summed E-state index contributed by atoms with van der Waals surface area (Å²) < 4.78 is 21.8. The number of hydrogen-bond donors (Lipinski definition) is 0. The van der Waals surface area contributed by atoms with Gasteiger partial charge in [0.15, 0.2) is 17.3 Å². The quantitative estimate of drug-likeness (QED) is 0.0559. The maximum absolute atomic E-state index is 12.6. The number of ether oxygens (including phenoxy) is 4. The molecule has 0 heterocycles. The van der Waals surface area contributed by atoms with Crippen LogP contribution in [0.3, 0.4) is 0 Å². The summed E-state index contributed by atoms with van der Waals surface area (Å²) in [7, 11) is 3.13. The summed E-state index contributed by atoms with van der Waals surface area (Å²) in [5, 5.41) is 0. The van der Waals surface area contributed by atoms with Gasteiger partial charge in [-0.1, -0.05) is 64.0 Å². The zero-order chi connectivity index (χ0) is 28.6. The van der Waals surface area contributed by atoms with E-state index in [0.717, 1.165) is 17.7 Å². The van der Waals surface area contributed by atoms with Crippen molar-refractivity contribution in [3.63, 3.8) is 0 Å². The van der Waals surface area contributed by atoms with Crippen LogP contribution in [0.1, 0.15) is 84.6 Å². The number of methoxy groups -OCH3 is 2. The zero-order valence-electron chi connectivity index (χ0n) is 23.8. The van der Waals surface area contributed by atoms with E-state index in [1.165, 1.54) is 51.0 Å². The van der Waals surface area contributed by atoms with Crippen molar-refractivity contribution in [2.24, 2.45) is 0 Å². The molecule has 0 amide bonds. The van der Waals surface area contributed by atoms with Crippen LogP contribution in [0.15, 0.2) is 72.8 Å². The van der Waals surface area contributed by atoms with Crippen molar-refractivity contribution in [3.05, 3.63) is 89.5 Å². The molecule has 0 aliphatic heterocycles. The molecule has 0 saturated heterocycles. The van der Waals surface area contributed by atoms with Gasteiger partial charge < -0.3 is 18.9 Å². The first kappa shape index (κ1) is 30.5. The topological polar surface area (TPSA) is 71.1 Å². The zero-order valence-corrected chi connectivity index (χ0v) is 23.8. The molecular formula is C34H40O6. The van der Waals surface area contributed by atoms with Gasteiger partial charge in [0.2, 0.25) is 0 Å². The lowest BCUT2D eigenvalue weighted by atomic mass is 10.1. The van der Waals surface area contributed by atoms with E-state index >= 15 is 0 Å². The van der Waals surface area contributed by atoms with Crippen molar-refractivity contribution in [1.82, 2.24) is 0 Å². The van der Waals surface area contributed by atoms with Crippen molar-refractivity contribution in [2.45, 2.75) is 58.3 Å². The van der Waals surface area contributed by atoms with Crippen LogP contribution in [-0.2, 0) is 0 Å². The van der Waals surface area contributed by atoms with Crippen LogP contribution in [-0.4, -0.2) is 32.6 Å². The van der Waals surface area contributed by atoms with E-state index in [9.17, 15) is 9.59 Å². The van der Waals surface area contributed by atoms with Crippen LogP contribution in [0.2, 0.25) is 0 Å². The van der Waals surface area contributed by atoms with E-state index in [0.29, 0.717) is 35.0 Å². The van der Waals surface area contributed by atoms with Crippen LogP contribution < -0.4 is 18.9 Å². The third kappa shape index (κ3) is 9.92. The van der Waals surface area contributed by atoms with Crippen LogP contribution in [0.4, 0.5) is 0 Å². The highest BCUT2D eigenvalue weighted by Gasteiger charge is 2.10. The third-order valence-corrected chi connectivity index (χ3v) is 6.54. The van der Waals surface area contributed by atoms with Gasteiger partial charge in [-0.3, -0.25) is 4.79 Å². The Kier molecular flexibility index (Phi) is 12.8. The fourth-order valence-electron chi connectivity index (χ4n) is 4.19. The van der Waals surface area contributed by atoms with Gasteiger partial charge in [0.1, 0.15) is 11.5 Å². The summed E-state index contributed by atoms with van der Waals surface area (Å²) in [6.45, 7) is 2.91. The summed E-state index contributed by atoms with van der Waals surface area (Å²) in [5.74, 6) is 1.67. The molecule has 0 unspecified atom stereocenters. The van der Waals surface area contributed by atoms with Gasteiger partial charge in [0, 0.05) is 5.56 Å². The summed E-state index contributed by atoms with van der Waals surface area (Å²) in [4.78, 5) is 25.2. The molecule has 0 spiro atoms. The Morgan fingerprint density at radius 3 is 1.93 bits per heavy atom. The highest BCUT2D eigenvalue weighted by molar-refractivity contribution is 6.07. The first-order valence-electron chi connectivity index (χ1n) is 14.0. The summed E-state index contributed by atoms with van der Waals surface area (Å²) in [6.07, 6.45) is 13.2. The van der Waals surface area contributed by atoms with E-state index in [4.69, 9.17) is 18.9 Å². The Balaban J connectivity index is 1.43. The molecule has 40 heavy (non-hydrogen) atoms. The minimum absolute atomic E-state index is 0.171. The molecular weight excluding hydrogens is 504 g/mol. The molecule has 0 radical (unpaired) electrons. The molecule has 3 rings (SSSR count). The average molecular weight is 545 g/mol. The van der Waals surface area contributed by atoms with E-state index < -0.39 is 5.97 Å². The number of ketones is 1. The van der Waals surface area contributed by atoms with Crippen LogP contribution in [0, 0.1) is 0 Å². The molecule has 6 heteroatoms. The molecule has 0 saturated carbocycles. The van der Waals surface area contributed by atoms with Gasteiger partial charge in [-0.25, -0.2) is 4.79 Å². The normalized spacial score (nSPS) is 10.9. The molecule has 0 aromatic heterocycles. The standard InChI is InChI=1S/C34H40O6/c1-4-5-6-7-8-9-10-11-24-39-29-18-16-28(17-19-29)34(36)40-30-20-14-27(15-21-30)31(35)22-12-26-13-23-32(37-2)33(25-26)38-3/h12-23,25H,4-11,24H2,1-3H3/b22-12+. The highest BCUT2D eigenvalue weighted by Crippen LogP contribution is 2.28. The molecule has 6 nitrogen and oxygen atoms in total. The second kappa shape index (κ2) is 16.8. The number of rotatable bonds is 17. The second-order valence-corrected chi connectivity index (χ2v) is 9.57. The van der Waals surface area contributed by atoms with Crippen molar-refractivity contribution < 1.29 is 28.5 Å². The number of benzene rings is 3. The van der Waals surface area contributed by atoms with Gasteiger partial charge in [-0.05, 0) is 78.7 Å². The number of esters is 1. The van der Waals surface area contributed by atoms with Crippen molar-refractivity contribution >= 4 is 17.8 Å². The fourth-order valence-corrected chi connectivity index (χ4v) is 4.19. The van der Waals surface area contributed by atoms with E-state index in [1.807, 2.05) is 6.07 Å². The lowest BCUT2D eigenvalue weighted by Crippen LogP contribution is -2.08. The van der Waals surface area contributed by atoms with Crippen LogP contribution >= 0.6 is 0 Å². The summed E-state index contributed by atoms with van der Waals surface area (Å²) in [6, 6.07) is 18.9. The predicted molar refractivity (Wildman–Crippen MR) is 159 cm³/mol. The molecule has 3 aromatic rings. The highest BCUT2D eigenvalue weighted by atomic mass is 16.5. The summed E-state index contributed by atoms with van der Waals surface area (Å²) >= 11 is 0. The molecule has 3 aromatic carbocycles. The maximum atomic E-state index is 12.6.